The van der Waals surface area contributed by atoms with Crippen molar-refractivity contribution in [3.8, 4) is 0 Å². The minimum absolute atomic E-state index is 0. The number of fused-ring (bicyclic) bond motifs is 1. The molecule has 2 aromatic rings. The van der Waals surface area contributed by atoms with Gasteiger partial charge in [0.05, 0.1) is 10.5 Å². The number of para-hydroxylation sites is 1. The molecular weight excluding hydrogens is 305 g/mol. The lowest BCUT2D eigenvalue weighted by atomic mass is 10.2. The summed E-state index contributed by atoms with van der Waals surface area (Å²) >= 11 is 6.43. The van der Waals surface area contributed by atoms with Gasteiger partial charge in [0.1, 0.15) is 5.82 Å². The maximum atomic E-state index is 6.43. The first-order chi connectivity index (χ1) is 9.81. The molecule has 1 aromatic carbocycles. The number of halogens is 2. The lowest BCUT2D eigenvalue weighted by Crippen LogP contribution is -2.47. The molecule has 2 aliphatic rings. The molecule has 1 saturated heterocycles. The van der Waals surface area contributed by atoms with Crippen LogP contribution < -0.4 is 4.90 Å². The number of benzene rings is 1. The van der Waals surface area contributed by atoms with Crippen LogP contribution in [-0.4, -0.2) is 42.1 Å². The second-order valence-corrected chi connectivity index (χ2v) is 6.15. The zero-order valence-electron chi connectivity index (χ0n) is 11.8. The Kier molecular flexibility index (Phi) is 4.25. The van der Waals surface area contributed by atoms with Crippen LogP contribution in [0.25, 0.3) is 10.9 Å². The summed E-state index contributed by atoms with van der Waals surface area (Å²) in [5.41, 5.74) is 1.02. The molecule has 0 spiro atoms. The van der Waals surface area contributed by atoms with Gasteiger partial charge < -0.3 is 4.90 Å². The number of piperazine rings is 1. The number of pyridine rings is 1. The van der Waals surface area contributed by atoms with E-state index in [0.29, 0.717) is 0 Å². The first-order valence-corrected chi connectivity index (χ1v) is 7.73. The molecule has 0 N–H and O–H groups in total. The molecule has 1 aliphatic carbocycles. The standard InChI is InChI=1S/C16H18ClN3.ClH/c17-14-11-12-3-1-2-4-15(12)18-16(14)20-9-7-19(8-10-20)13-5-6-13;/h1-4,11,13H,5-10H2;1H. The molecule has 21 heavy (non-hydrogen) atoms. The number of rotatable bonds is 2. The summed E-state index contributed by atoms with van der Waals surface area (Å²) in [5, 5.41) is 1.88. The summed E-state index contributed by atoms with van der Waals surface area (Å²) in [6.45, 7) is 4.33. The van der Waals surface area contributed by atoms with Gasteiger partial charge in [-0.25, -0.2) is 4.98 Å². The van der Waals surface area contributed by atoms with Crippen molar-refractivity contribution in [2.24, 2.45) is 0 Å². The Hall–Kier alpha value is -1.03. The number of hydrogen-bond donors (Lipinski definition) is 0. The average molecular weight is 324 g/mol. The first-order valence-electron chi connectivity index (χ1n) is 7.35. The summed E-state index contributed by atoms with van der Waals surface area (Å²) in [4.78, 5) is 9.69. The maximum Gasteiger partial charge on any atom is 0.148 e. The minimum atomic E-state index is 0. The molecule has 1 saturated carbocycles. The normalized spacial score (nSPS) is 19.6. The number of anilines is 1. The fraction of sp³-hybridized carbons (Fsp3) is 0.438. The van der Waals surface area contributed by atoms with Gasteiger partial charge in [-0.15, -0.1) is 12.4 Å². The molecule has 0 radical (unpaired) electrons. The maximum absolute atomic E-state index is 6.43. The lowest BCUT2D eigenvalue weighted by Gasteiger charge is -2.35. The smallest absolute Gasteiger partial charge is 0.148 e. The van der Waals surface area contributed by atoms with Gasteiger partial charge in [-0.1, -0.05) is 29.8 Å². The molecule has 5 heteroatoms. The van der Waals surface area contributed by atoms with Crippen molar-refractivity contribution in [1.82, 2.24) is 9.88 Å². The van der Waals surface area contributed by atoms with Crippen LogP contribution >= 0.6 is 24.0 Å². The predicted molar refractivity (Wildman–Crippen MR) is 90.8 cm³/mol. The fourth-order valence-electron chi connectivity index (χ4n) is 3.04. The third kappa shape index (κ3) is 2.96. The summed E-state index contributed by atoms with van der Waals surface area (Å²) in [7, 11) is 0. The van der Waals surface area contributed by atoms with Gasteiger partial charge in [0.2, 0.25) is 0 Å². The van der Waals surface area contributed by atoms with Crippen LogP contribution in [0.1, 0.15) is 12.8 Å². The summed E-state index contributed by atoms with van der Waals surface area (Å²) in [6, 6.07) is 11.1. The average Bonchev–Trinajstić information content (AvgIpc) is 3.31. The van der Waals surface area contributed by atoms with Crippen LogP contribution in [0.2, 0.25) is 5.02 Å². The first kappa shape index (κ1) is 14.9. The van der Waals surface area contributed by atoms with Crippen LogP contribution in [0.3, 0.4) is 0 Å². The van der Waals surface area contributed by atoms with Gasteiger partial charge in [-0.2, -0.15) is 0 Å². The number of aromatic nitrogens is 1. The summed E-state index contributed by atoms with van der Waals surface area (Å²) in [5.74, 6) is 0.945. The van der Waals surface area contributed by atoms with Crippen LogP contribution in [0.4, 0.5) is 5.82 Å². The van der Waals surface area contributed by atoms with Gasteiger partial charge in [-0.3, -0.25) is 4.90 Å². The monoisotopic (exact) mass is 323 g/mol. The van der Waals surface area contributed by atoms with Gasteiger partial charge in [0, 0.05) is 37.6 Å². The molecule has 1 aromatic heterocycles. The molecule has 0 bridgehead atoms. The van der Waals surface area contributed by atoms with E-state index in [1.807, 2.05) is 18.2 Å². The van der Waals surface area contributed by atoms with E-state index in [0.717, 1.165) is 54.0 Å². The molecule has 1 aliphatic heterocycles. The highest BCUT2D eigenvalue weighted by molar-refractivity contribution is 6.33. The van der Waals surface area contributed by atoms with Gasteiger partial charge >= 0.3 is 0 Å². The molecule has 2 fully saturated rings. The Morgan fingerprint density at radius 2 is 1.76 bits per heavy atom. The van der Waals surface area contributed by atoms with Crippen molar-refractivity contribution < 1.29 is 0 Å². The quantitative estimate of drug-likeness (QED) is 0.841. The van der Waals surface area contributed by atoms with Gasteiger partial charge in [-0.05, 0) is 25.0 Å². The molecule has 3 nitrogen and oxygen atoms in total. The Labute approximate surface area is 136 Å². The van der Waals surface area contributed by atoms with Crippen molar-refractivity contribution in [3.05, 3.63) is 35.4 Å². The minimum Gasteiger partial charge on any atom is -0.353 e. The Morgan fingerprint density at radius 1 is 1.05 bits per heavy atom. The molecule has 0 atom stereocenters. The fourth-order valence-corrected chi connectivity index (χ4v) is 3.32. The van der Waals surface area contributed by atoms with E-state index in [2.05, 4.69) is 21.9 Å². The van der Waals surface area contributed by atoms with Crippen LogP contribution in [0, 0.1) is 0 Å². The van der Waals surface area contributed by atoms with Crippen molar-refractivity contribution in [3.63, 3.8) is 0 Å². The molecule has 112 valence electrons. The Bertz CT molecular complexity index is 634. The highest BCUT2D eigenvalue weighted by Gasteiger charge is 2.31. The van der Waals surface area contributed by atoms with Crippen molar-refractivity contribution in [2.75, 3.05) is 31.1 Å². The number of nitrogens with zero attached hydrogens (tertiary/aromatic N) is 3. The summed E-state index contributed by atoms with van der Waals surface area (Å²) < 4.78 is 0. The third-order valence-electron chi connectivity index (χ3n) is 4.34. The predicted octanol–water partition coefficient (Wildman–Crippen LogP) is 3.59. The van der Waals surface area contributed by atoms with E-state index in [1.165, 1.54) is 12.8 Å². The zero-order valence-corrected chi connectivity index (χ0v) is 13.4. The zero-order chi connectivity index (χ0) is 13.5. The van der Waals surface area contributed by atoms with Crippen LogP contribution in [0.15, 0.2) is 30.3 Å². The second kappa shape index (κ2) is 5.99. The van der Waals surface area contributed by atoms with E-state index >= 15 is 0 Å². The lowest BCUT2D eigenvalue weighted by molar-refractivity contribution is 0.247. The second-order valence-electron chi connectivity index (χ2n) is 5.74. The molecule has 0 unspecified atom stereocenters. The van der Waals surface area contributed by atoms with E-state index in [-0.39, 0.29) is 12.4 Å². The summed E-state index contributed by atoms with van der Waals surface area (Å²) in [6.07, 6.45) is 2.77. The van der Waals surface area contributed by atoms with Crippen molar-refractivity contribution in [1.29, 1.82) is 0 Å². The molecule has 2 heterocycles. The molecule has 4 rings (SSSR count). The van der Waals surface area contributed by atoms with E-state index in [4.69, 9.17) is 16.6 Å². The van der Waals surface area contributed by atoms with E-state index in [1.54, 1.807) is 0 Å². The largest absolute Gasteiger partial charge is 0.353 e. The van der Waals surface area contributed by atoms with Crippen molar-refractivity contribution >= 4 is 40.7 Å². The number of hydrogen-bond acceptors (Lipinski definition) is 3. The third-order valence-corrected chi connectivity index (χ3v) is 4.61. The SMILES string of the molecule is Cl.Clc1cc2ccccc2nc1N1CCN(C2CC2)CC1. The van der Waals surface area contributed by atoms with Crippen LogP contribution in [0.5, 0.6) is 0 Å². The van der Waals surface area contributed by atoms with E-state index < -0.39 is 0 Å². The Morgan fingerprint density at radius 3 is 2.48 bits per heavy atom. The van der Waals surface area contributed by atoms with E-state index in [9.17, 15) is 0 Å². The van der Waals surface area contributed by atoms with Crippen LogP contribution in [-0.2, 0) is 0 Å². The van der Waals surface area contributed by atoms with Gasteiger partial charge in [0.15, 0.2) is 0 Å². The highest BCUT2D eigenvalue weighted by atomic mass is 35.5. The molecule has 0 amide bonds. The van der Waals surface area contributed by atoms with Gasteiger partial charge in [0.25, 0.3) is 0 Å². The molecular formula is C16H19Cl2N3. The topological polar surface area (TPSA) is 19.4 Å². The Balaban J connectivity index is 0.00000132. The van der Waals surface area contributed by atoms with Crippen molar-refractivity contribution in [2.45, 2.75) is 18.9 Å². The highest BCUT2D eigenvalue weighted by Crippen LogP contribution is 2.31.